The first-order chi connectivity index (χ1) is 8.47. The SMILES string of the molecule is CC(C)C(CCO)NC(=O)c1cccc(F)c1N. The number of amides is 1. The molecular formula is C13H19FN2O2. The van der Waals surface area contributed by atoms with Gasteiger partial charge in [0.1, 0.15) is 5.82 Å². The number of anilines is 1. The summed E-state index contributed by atoms with van der Waals surface area (Å²) in [5, 5.41) is 11.7. The summed E-state index contributed by atoms with van der Waals surface area (Å²) in [5.74, 6) is -0.846. The molecule has 1 atom stereocenters. The molecule has 1 rings (SSSR count). The highest BCUT2D eigenvalue weighted by molar-refractivity contribution is 5.99. The van der Waals surface area contributed by atoms with Crippen LogP contribution in [0.4, 0.5) is 10.1 Å². The Balaban J connectivity index is 2.84. The van der Waals surface area contributed by atoms with Gasteiger partial charge in [0.25, 0.3) is 5.91 Å². The molecule has 0 saturated carbocycles. The highest BCUT2D eigenvalue weighted by atomic mass is 19.1. The second kappa shape index (κ2) is 6.35. The van der Waals surface area contributed by atoms with Gasteiger partial charge >= 0.3 is 0 Å². The maximum absolute atomic E-state index is 13.2. The third kappa shape index (κ3) is 3.43. The van der Waals surface area contributed by atoms with E-state index in [0.717, 1.165) is 0 Å². The number of nitrogen functional groups attached to an aromatic ring is 1. The molecule has 5 heteroatoms. The number of aliphatic hydroxyl groups is 1. The van der Waals surface area contributed by atoms with Gasteiger partial charge in [0.05, 0.1) is 11.3 Å². The molecule has 0 bridgehead atoms. The van der Waals surface area contributed by atoms with Crippen LogP contribution in [0.5, 0.6) is 0 Å². The lowest BCUT2D eigenvalue weighted by molar-refractivity contribution is 0.0917. The van der Waals surface area contributed by atoms with Gasteiger partial charge in [0.2, 0.25) is 0 Å². The molecule has 1 aromatic rings. The van der Waals surface area contributed by atoms with E-state index in [9.17, 15) is 9.18 Å². The molecule has 0 radical (unpaired) electrons. The van der Waals surface area contributed by atoms with Gasteiger partial charge in [-0.1, -0.05) is 19.9 Å². The number of carbonyl (C=O) groups excluding carboxylic acids is 1. The summed E-state index contributed by atoms with van der Waals surface area (Å²) in [6, 6.07) is 3.96. The number of nitrogens with two attached hydrogens (primary N) is 1. The van der Waals surface area contributed by atoms with Gasteiger partial charge in [-0.3, -0.25) is 4.79 Å². The maximum atomic E-state index is 13.2. The Morgan fingerprint density at radius 3 is 2.72 bits per heavy atom. The fraction of sp³-hybridized carbons (Fsp3) is 0.462. The van der Waals surface area contributed by atoms with Crippen LogP contribution in [0.3, 0.4) is 0 Å². The molecule has 18 heavy (non-hydrogen) atoms. The first-order valence-corrected chi connectivity index (χ1v) is 5.93. The molecule has 0 saturated heterocycles. The number of halogens is 1. The smallest absolute Gasteiger partial charge is 0.253 e. The zero-order valence-corrected chi connectivity index (χ0v) is 10.6. The largest absolute Gasteiger partial charge is 0.396 e. The van der Waals surface area contributed by atoms with Crippen LogP contribution >= 0.6 is 0 Å². The quantitative estimate of drug-likeness (QED) is 0.698. The average molecular weight is 254 g/mol. The molecule has 1 unspecified atom stereocenters. The lowest BCUT2D eigenvalue weighted by Crippen LogP contribution is -2.39. The van der Waals surface area contributed by atoms with Crippen LogP contribution in [0, 0.1) is 11.7 Å². The Morgan fingerprint density at radius 1 is 1.50 bits per heavy atom. The summed E-state index contributed by atoms with van der Waals surface area (Å²) in [5.41, 5.74) is 5.50. The van der Waals surface area contributed by atoms with E-state index in [1.165, 1.54) is 18.2 Å². The van der Waals surface area contributed by atoms with E-state index in [1.807, 2.05) is 13.8 Å². The van der Waals surface area contributed by atoms with Gasteiger partial charge < -0.3 is 16.2 Å². The van der Waals surface area contributed by atoms with Crippen molar-refractivity contribution in [1.29, 1.82) is 0 Å². The third-order valence-electron chi connectivity index (χ3n) is 2.86. The van der Waals surface area contributed by atoms with Crippen LogP contribution in [-0.4, -0.2) is 23.7 Å². The lowest BCUT2D eigenvalue weighted by atomic mass is 10.0. The van der Waals surface area contributed by atoms with Crippen molar-refractivity contribution in [2.45, 2.75) is 26.3 Å². The zero-order chi connectivity index (χ0) is 13.7. The Bertz CT molecular complexity index is 421. The van der Waals surface area contributed by atoms with Crippen LogP contribution in [-0.2, 0) is 0 Å². The second-order valence-corrected chi connectivity index (χ2v) is 4.54. The highest BCUT2D eigenvalue weighted by Gasteiger charge is 2.19. The van der Waals surface area contributed by atoms with Crippen LogP contribution in [0.1, 0.15) is 30.6 Å². The average Bonchev–Trinajstić information content (AvgIpc) is 2.31. The molecule has 0 aromatic heterocycles. The number of benzene rings is 1. The molecule has 1 aromatic carbocycles. The number of para-hydroxylation sites is 1. The molecule has 100 valence electrons. The number of hydrogen-bond donors (Lipinski definition) is 3. The zero-order valence-electron chi connectivity index (χ0n) is 10.6. The highest BCUT2D eigenvalue weighted by Crippen LogP contribution is 2.16. The van der Waals surface area contributed by atoms with Crippen molar-refractivity contribution in [1.82, 2.24) is 5.32 Å². The van der Waals surface area contributed by atoms with Crippen molar-refractivity contribution >= 4 is 11.6 Å². The van der Waals surface area contributed by atoms with E-state index in [4.69, 9.17) is 10.8 Å². The molecule has 4 N–H and O–H groups in total. The summed E-state index contributed by atoms with van der Waals surface area (Å²) in [6.07, 6.45) is 0.457. The van der Waals surface area contributed by atoms with Crippen LogP contribution in [0.2, 0.25) is 0 Å². The molecule has 0 heterocycles. The summed E-state index contributed by atoms with van der Waals surface area (Å²) in [4.78, 5) is 12.0. The fourth-order valence-corrected chi connectivity index (χ4v) is 1.69. The normalized spacial score (nSPS) is 12.5. The van der Waals surface area contributed by atoms with Crippen molar-refractivity contribution in [3.63, 3.8) is 0 Å². The van der Waals surface area contributed by atoms with Gasteiger partial charge in [0, 0.05) is 12.6 Å². The molecule has 0 spiro atoms. The molecule has 0 fully saturated rings. The Labute approximate surface area is 106 Å². The molecule has 1 amide bonds. The minimum atomic E-state index is -0.606. The summed E-state index contributed by atoms with van der Waals surface area (Å²) in [6.45, 7) is 3.87. The van der Waals surface area contributed by atoms with Gasteiger partial charge in [-0.25, -0.2) is 4.39 Å². The first kappa shape index (κ1) is 14.4. The Morgan fingerprint density at radius 2 is 2.17 bits per heavy atom. The van der Waals surface area contributed by atoms with E-state index < -0.39 is 11.7 Å². The molecule has 0 aliphatic heterocycles. The topological polar surface area (TPSA) is 75.3 Å². The van der Waals surface area contributed by atoms with Crippen molar-refractivity contribution in [3.05, 3.63) is 29.6 Å². The van der Waals surface area contributed by atoms with Crippen molar-refractivity contribution < 1.29 is 14.3 Å². The number of carbonyl (C=O) groups is 1. The molecular weight excluding hydrogens is 235 g/mol. The standard InChI is InChI=1S/C13H19FN2O2/c1-8(2)11(6-7-17)16-13(18)9-4-3-5-10(14)12(9)15/h3-5,8,11,17H,6-7,15H2,1-2H3,(H,16,18). The van der Waals surface area contributed by atoms with Crippen LogP contribution < -0.4 is 11.1 Å². The monoisotopic (exact) mass is 254 g/mol. The first-order valence-electron chi connectivity index (χ1n) is 5.93. The van der Waals surface area contributed by atoms with Crippen LogP contribution in [0.15, 0.2) is 18.2 Å². The van der Waals surface area contributed by atoms with Crippen molar-refractivity contribution in [3.8, 4) is 0 Å². The van der Waals surface area contributed by atoms with Gasteiger partial charge in [0.15, 0.2) is 0 Å². The third-order valence-corrected chi connectivity index (χ3v) is 2.86. The van der Waals surface area contributed by atoms with Crippen LogP contribution in [0.25, 0.3) is 0 Å². The van der Waals surface area contributed by atoms with Crippen molar-refractivity contribution in [2.24, 2.45) is 5.92 Å². The number of nitrogens with one attached hydrogen (secondary N) is 1. The summed E-state index contributed by atoms with van der Waals surface area (Å²) >= 11 is 0. The van der Waals surface area contributed by atoms with E-state index in [1.54, 1.807) is 0 Å². The van der Waals surface area contributed by atoms with Gasteiger partial charge in [-0.15, -0.1) is 0 Å². The second-order valence-electron chi connectivity index (χ2n) is 4.54. The molecule has 0 aliphatic carbocycles. The molecule has 4 nitrogen and oxygen atoms in total. The minimum Gasteiger partial charge on any atom is -0.396 e. The fourth-order valence-electron chi connectivity index (χ4n) is 1.69. The number of aliphatic hydroxyl groups excluding tert-OH is 1. The number of hydrogen-bond acceptors (Lipinski definition) is 3. The number of rotatable bonds is 5. The van der Waals surface area contributed by atoms with E-state index in [2.05, 4.69) is 5.32 Å². The van der Waals surface area contributed by atoms with Gasteiger partial charge in [-0.2, -0.15) is 0 Å². The van der Waals surface area contributed by atoms with Gasteiger partial charge in [-0.05, 0) is 24.5 Å². The van der Waals surface area contributed by atoms with E-state index >= 15 is 0 Å². The Hall–Kier alpha value is -1.62. The van der Waals surface area contributed by atoms with E-state index in [0.29, 0.717) is 6.42 Å². The van der Waals surface area contributed by atoms with Crippen molar-refractivity contribution in [2.75, 3.05) is 12.3 Å². The molecule has 0 aliphatic rings. The Kier molecular flexibility index (Phi) is 5.09. The maximum Gasteiger partial charge on any atom is 0.253 e. The predicted molar refractivity (Wildman–Crippen MR) is 68.6 cm³/mol. The lowest BCUT2D eigenvalue weighted by Gasteiger charge is -2.21. The summed E-state index contributed by atoms with van der Waals surface area (Å²) in [7, 11) is 0. The minimum absolute atomic E-state index is 0.0121. The predicted octanol–water partition coefficient (Wildman–Crippen LogP) is 1.54. The summed E-state index contributed by atoms with van der Waals surface area (Å²) < 4.78 is 13.2. The van der Waals surface area contributed by atoms with E-state index in [-0.39, 0.29) is 29.8 Å².